The minimum absolute atomic E-state index is 0.642. The van der Waals surface area contributed by atoms with Crippen LogP contribution in [0, 0.1) is 0 Å². The topological polar surface area (TPSA) is 45.5 Å². The number of pyridine rings is 1. The zero-order valence-electron chi connectivity index (χ0n) is 7.18. The molecule has 0 atom stereocenters. The second kappa shape index (κ2) is 3.64. The molecule has 0 fully saturated rings. The minimum Gasteiger partial charge on any atom is -0.411 e. The van der Waals surface area contributed by atoms with Crippen LogP contribution < -0.4 is 0 Å². The molecule has 1 N–H and O–H groups in total. The van der Waals surface area contributed by atoms with Gasteiger partial charge in [0.15, 0.2) is 0 Å². The molecule has 2 rings (SSSR count). The summed E-state index contributed by atoms with van der Waals surface area (Å²) in [6.07, 6.45) is 3.01. The quantitative estimate of drug-likeness (QED) is 0.443. The summed E-state index contributed by atoms with van der Waals surface area (Å²) in [6.45, 7) is 0. The lowest BCUT2D eigenvalue weighted by Crippen LogP contribution is -1.87. The first-order chi connectivity index (χ1) is 6.83. The van der Waals surface area contributed by atoms with E-state index in [1.807, 2.05) is 12.1 Å². The Labute approximate surface area is 85.6 Å². The van der Waals surface area contributed by atoms with E-state index in [1.54, 1.807) is 18.3 Å². The van der Waals surface area contributed by atoms with Crippen molar-refractivity contribution in [3.05, 3.63) is 41.0 Å². The number of oxime groups is 1. The summed E-state index contributed by atoms with van der Waals surface area (Å²) in [4.78, 5) is 4.17. The number of aromatic nitrogens is 1. The Hall–Kier alpha value is -1.61. The smallest absolute Gasteiger partial charge is 0.0805 e. The monoisotopic (exact) mass is 206 g/mol. The molecule has 1 heterocycles. The Morgan fingerprint density at radius 3 is 3.00 bits per heavy atom. The van der Waals surface area contributed by atoms with Crippen molar-refractivity contribution in [2.24, 2.45) is 5.16 Å². The van der Waals surface area contributed by atoms with E-state index in [2.05, 4.69) is 10.1 Å². The molecule has 3 nitrogen and oxygen atoms in total. The van der Waals surface area contributed by atoms with Gasteiger partial charge in [-0.2, -0.15) is 0 Å². The zero-order valence-corrected chi connectivity index (χ0v) is 7.94. The van der Waals surface area contributed by atoms with Gasteiger partial charge in [-0.15, -0.1) is 0 Å². The first-order valence-corrected chi connectivity index (χ1v) is 4.41. The molecule has 0 bridgehead atoms. The molecule has 0 aliphatic carbocycles. The average molecular weight is 207 g/mol. The maximum atomic E-state index is 8.46. The summed E-state index contributed by atoms with van der Waals surface area (Å²) in [5, 5.41) is 12.9. The van der Waals surface area contributed by atoms with Crippen LogP contribution in [0.2, 0.25) is 5.02 Å². The van der Waals surface area contributed by atoms with Crippen LogP contribution >= 0.6 is 11.6 Å². The lowest BCUT2D eigenvalue weighted by atomic mass is 10.1. The van der Waals surface area contributed by atoms with Gasteiger partial charge in [0.1, 0.15) is 0 Å². The van der Waals surface area contributed by atoms with Crippen molar-refractivity contribution in [1.82, 2.24) is 4.98 Å². The Bertz CT molecular complexity index is 496. The lowest BCUT2D eigenvalue weighted by molar-refractivity contribution is 0.322. The number of hydrogen-bond donors (Lipinski definition) is 1. The maximum absolute atomic E-state index is 8.46. The highest BCUT2D eigenvalue weighted by Crippen LogP contribution is 2.23. The van der Waals surface area contributed by atoms with Crippen LogP contribution in [0.4, 0.5) is 0 Å². The van der Waals surface area contributed by atoms with E-state index in [4.69, 9.17) is 16.8 Å². The minimum atomic E-state index is 0.642. The van der Waals surface area contributed by atoms with Crippen molar-refractivity contribution >= 4 is 28.7 Å². The van der Waals surface area contributed by atoms with Gasteiger partial charge in [0.05, 0.1) is 16.8 Å². The molecule has 0 saturated carbocycles. The number of nitrogens with zero attached hydrogens (tertiary/aromatic N) is 2. The predicted molar refractivity (Wildman–Crippen MR) is 56.1 cm³/mol. The SMILES string of the molecule is O/N=C/c1ccc(Cl)c2cccnc12. The van der Waals surface area contributed by atoms with E-state index in [-0.39, 0.29) is 0 Å². The van der Waals surface area contributed by atoms with Crippen LogP contribution in [-0.4, -0.2) is 16.4 Å². The number of hydrogen-bond acceptors (Lipinski definition) is 3. The number of benzene rings is 1. The molecular weight excluding hydrogens is 200 g/mol. The van der Waals surface area contributed by atoms with E-state index >= 15 is 0 Å². The van der Waals surface area contributed by atoms with Gasteiger partial charge in [-0.25, -0.2) is 0 Å². The summed E-state index contributed by atoms with van der Waals surface area (Å²) in [7, 11) is 0. The Morgan fingerprint density at radius 2 is 2.21 bits per heavy atom. The highest BCUT2D eigenvalue weighted by atomic mass is 35.5. The molecular formula is C10H7ClN2O. The van der Waals surface area contributed by atoms with Crippen LogP contribution in [0.5, 0.6) is 0 Å². The fraction of sp³-hybridized carbons (Fsp3) is 0. The molecule has 0 radical (unpaired) electrons. The van der Waals surface area contributed by atoms with E-state index < -0.39 is 0 Å². The molecule has 2 aromatic rings. The Kier molecular flexibility index (Phi) is 2.33. The Balaban J connectivity index is 2.81. The van der Waals surface area contributed by atoms with Gasteiger partial charge in [0.2, 0.25) is 0 Å². The third kappa shape index (κ3) is 1.42. The largest absolute Gasteiger partial charge is 0.411 e. The molecule has 70 valence electrons. The zero-order chi connectivity index (χ0) is 9.97. The summed E-state index contributed by atoms with van der Waals surface area (Å²) in [6, 6.07) is 7.20. The third-order valence-corrected chi connectivity index (χ3v) is 2.27. The molecule has 0 aliphatic heterocycles. The second-order valence-electron chi connectivity index (χ2n) is 2.78. The van der Waals surface area contributed by atoms with Gasteiger partial charge >= 0.3 is 0 Å². The standard InChI is InChI=1S/C10H7ClN2O/c11-9-4-3-7(6-13-14)10-8(9)2-1-5-12-10/h1-6,14H/b13-6+. The van der Waals surface area contributed by atoms with Gasteiger partial charge in [-0.05, 0) is 24.3 Å². The number of halogens is 1. The first kappa shape index (κ1) is 8.97. The van der Waals surface area contributed by atoms with Crippen LogP contribution in [0.25, 0.3) is 10.9 Å². The van der Waals surface area contributed by atoms with Crippen LogP contribution in [0.1, 0.15) is 5.56 Å². The molecule has 0 spiro atoms. The van der Waals surface area contributed by atoms with Gasteiger partial charge in [0, 0.05) is 17.1 Å². The van der Waals surface area contributed by atoms with E-state index in [0.29, 0.717) is 5.02 Å². The lowest BCUT2D eigenvalue weighted by Gasteiger charge is -2.01. The summed E-state index contributed by atoms with van der Waals surface area (Å²) < 4.78 is 0. The number of rotatable bonds is 1. The maximum Gasteiger partial charge on any atom is 0.0805 e. The van der Waals surface area contributed by atoms with Crippen molar-refractivity contribution in [2.75, 3.05) is 0 Å². The van der Waals surface area contributed by atoms with Gasteiger partial charge < -0.3 is 5.21 Å². The first-order valence-electron chi connectivity index (χ1n) is 4.03. The van der Waals surface area contributed by atoms with E-state index in [9.17, 15) is 0 Å². The predicted octanol–water partition coefficient (Wildman–Crippen LogP) is 2.70. The summed E-state index contributed by atoms with van der Waals surface area (Å²) in [5.74, 6) is 0. The molecule has 4 heteroatoms. The van der Waals surface area contributed by atoms with E-state index in [1.165, 1.54) is 6.21 Å². The Morgan fingerprint density at radius 1 is 1.36 bits per heavy atom. The van der Waals surface area contributed by atoms with Crippen molar-refractivity contribution in [3.63, 3.8) is 0 Å². The molecule has 1 aromatic carbocycles. The molecule has 14 heavy (non-hydrogen) atoms. The number of fused-ring (bicyclic) bond motifs is 1. The van der Waals surface area contributed by atoms with Gasteiger partial charge in [-0.1, -0.05) is 16.8 Å². The van der Waals surface area contributed by atoms with Gasteiger partial charge in [0.25, 0.3) is 0 Å². The summed E-state index contributed by atoms with van der Waals surface area (Å²) in [5.41, 5.74) is 1.48. The highest BCUT2D eigenvalue weighted by molar-refractivity contribution is 6.35. The molecule has 0 amide bonds. The van der Waals surface area contributed by atoms with Crippen molar-refractivity contribution in [1.29, 1.82) is 0 Å². The van der Waals surface area contributed by atoms with Crippen LogP contribution in [0.15, 0.2) is 35.6 Å². The molecule has 1 aromatic heterocycles. The summed E-state index contributed by atoms with van der Waals surface area (Å²) >= 11 is 5.98. The van der Waals surface area contributed by atoms with Gasteiger partial charge in [-0.3, -0.25) is 4.98 Å². The normalized spacial score (nSPS) is 11.2. The van der Waals surface area contributed by atoms with Crippen molar-refractivity contribution < 1.29 is 5.21 Å². The van der Waals surface area contributed by atoms with Crippen LogP contribution in [-0.2, 0) is 0 Å². The molecule has 0 unspecified atom stereocenters. The third-order valence-electron chi connectivity index (χ3n) is 1.94. The van der Waals surface area contributed by atoms with E-state index in [0.717, 1.165) is 16.5 Å². The van der Waals surface area contributed by atoms with Crippen LogP contribution in [0.3, 0.4) is 0 Å². The fourth-order valence-corrected chi connectivity index (χ4v) is 1.54. The average Bonchev–Trinajstić information content (AvgIpc) is 2.23. The van der Waals surface area contributed by atoms with Crippen molar-refractivity contribution in [2.45, 2.75) is 0 Å². The van der Waals surface area contributed by atoms with Crippen molar-refractivity contribution in [3.8, 4) is 0 Å². The molecule has 0 aliphatic rings. The molecule has 0 saturated heterocycles. The highest BCUT2D eigenvalue weighted by Gasteiger charge is 2.03. The fourth-order valence-electron chi connectivity index (χ4n) is 1.33. The second-order valence-corrected chi connectivity index (χ2v) is 3.19.